The van der Waals surface area contributed by atoms with Gasteiger partial charge in [-0.3, -0.25) is 0 Å². The minimum absolute atomic E-state index is 0.361. The fourth-order valence-electron chi connectivity index (χ4n) is 2.18. The molecule has 0 bridgehead atoms. The van der Waals surface area contributed by atoms with Gasteiger partial charge in [-0.05, 0) is 42.2 Å². The summed E-state index contributed by atoms with van der Waals surface area (Å²) in [5, 5.41) is 0. The molecule has 0 aromatic heterocycles. The normalized spacial score (nSPS) is 11.9. The summed E-state index contributed by atoms with van der Waals surface area (Å²) in [7, 11) is 0. The molecule has 104 valence electrons. The Morgan fingerprint density at radius 2 is 1.60 bits per heavy atom. The van der Waals surface area contributed by atoms with Crippen LogP contribution < -0.4 is 0 Å². The van der Waals surface area contributed by atoms with E-state index in [0.29, 0.717) is 18.4 Å². The maximum atomic E-state index is 12.9. The van der Waals surface area contributed by atoms with Crippen LogP contribution in [0.1, 0.15) is 23.5 Å². The van der Waals surface area contributed by atoms with E-state index >= 15 is 0 Å². The number of rotatable bonds is 5. The second-order valence-corrected chi connectivity index (χ2v) is 4.64. The minimum atomic E-state index is -1.70. The van der Waals surface area contributed by atoms with Crippen molar-refractivity contribution >= 4 is 0 Å². The van der Waals surface area contributed by atoms with Gasteiger partial charge in [0.1, 0.15) is 5.82 Å². The standard InChI is InChI=1S/C17H15F3/c18-16-10-8-14(9-11-16)15(12-17(19)20)7-6-13-4-2-1-3-5-13/h1-5,8-12,15H,6-7H2. The number of halogens is 3. The van der Waals surface area contributed by atoms with Gasteiger partial charge in [0.2, 0.25) is 0 Å². The van der Waals surface area contributed by atoms with Crippen LogP contribution in [0.3, 0.4) is 0 Å². The summed E-state index contributed by atoms with van der Waals surface area (Å²) in [5.41, 5.74) is 1.81. The van der Waals surface area contributed by atoms with E-state index in [1.54, 1.807) is 12.1 Å². The Hall–Kier alpha value is -2.03. The van der Waals surface area contributed by atoms with E-state index in [0.717, 1.165) is 11.6 Å². The SMILES string of the molecule is FC(F)=CC(CCc1ccccc1)c1ccc(F)cc1. The average Bonchev–Trinajstić information content (AvgIpc) is 2.45. The summed E-state index contributed by atoms with van der Waals surface area (Å²) in [5.74, 6) is -0.763. The molecule has 0 aliphatic carbocycles. The molecule has 0 amide bonds. The summed E-state index contributed by atoms with van der Waals surface area (Å²) in [6.45, 7) is 0. The van der Waals surface area contributed by atoms with E-state index in [1.807, 2.05) is 30.3 Å². The fraction of sp³-hybridized carbons (Fsp3) is 0.176. The molecule has 20 heavy (non-hydrogen) atoms. The van der Waals surface area contributed by atoms with Gasteiger partial charge >= 0.3 is 0 Å². The van der Waals surface area contributed by atoms with Crippen LogP contribution in [-0.2, 0) is 6.42 Å². The first-order valence-corrected chi connectivity index (χ1v) is 6.47. The molecule has 0 aliphatic rings. The first-order valence-electron chi connectivity index (χ1n) is 6.47. The second-order valence-electron chi connectivity index (χ2n) is 4.64. The summed E-state index contributed by atoms with van der Waals surface area (Å²) in [6, 6.07) is 15.4. The number of aryl methyl sites for hydroxylation is 1. The lowest BCUT2D eigenvalue weighted by Gasteiger charge is -2.13. The topological polar surface area (TPSA) is 0 Å². The summed E-state index contributed by atoms with van der Waals surface area (Å²) in [6.07, 6.45) is 0.503. The Bertz CT molecular complexity index is 555. The van der Waals surface area contributed by atoms with Gasteiger partial charge < -0.3 is 0 Å². The molecule has 0 saturated heterocycles. The van der Waals surface area contributed by atoms with Crippen LogP contribution in [0, 0.1) is 5.82 Å². The van der Waals surface area contributed by atoms with Crippen LogP contribution in [0.4, 0.5) is 13.2 Å². The predicted molar refractivity (Wildman–Crippen MR) is 74.2 cm³/mol. The molecule has 0 saturated carbocycles. The molecule has 1 atom stereocenters. The van der Waals surface area contributed by atoms with Crippen LogP contribution in [0.15, 0.2) is 66.8 Å². The van der Waals surface area contributed by atoms with Crippen LogP contribution >= 0.6 is 0 Å². The minimum Gasteiger partial charge on any atom is -0.207 e. The van der Waals surface area contributed by atoms with Crippen molar-refractivity contribution in [3.8, 4) is 0 Å². The number of hydrogen-bond acceptors (Lipinski definition) is 0. The van der Waals surface area contributed by atoms with Crippen LogP contribution in [0.5, 0.6) is 0 Å². The molecule has 0 radical (unpaired) electrons. The van der Waals surface area contributed by atoms with Crippen molar-refractivity contribution in [1.82, 2.24) is 0 Å². The molecule has 0 aliphatic heterocycles. The molecule has 0 heterocycles. The summed E-state index contributed by atoms with van der Waals surface area (Å²) < 4.78 is 38.0. The molecular formula is C17H15F3. The van der Waals surface area contributed by atoms with Crippen molar-refractivity contribution in [2.45, 2.75) is 18.8 Å². The molecule has 2 aromatic carbocycles. The van der Waals surface area contributed by atoms with E-state index in [2.05, 4.69) is 0 Å². The predicted octanol–water partition coefficient (Wildman–Crippen LogP) is 5.32. The van der Waals surface area contributed by atoms with E-state index < -0.39 is 12.0 Å². The Morgan fingerprint density at radius 3 is 2.20 bits per heavy atom. The average molecular weight is 276 g/mol. The highest BCUT2D eigenvalue weighted by atomic mass is 19.3. The van der Waals surface area contributed by atoms with Gasteiger partial charge in [0.05, 0.1) is 0 Å². The van der Waals surface area contributed by atoms with Crippen molar-refractivity contribution in [3.63, 3.8) is 0 Å². The molecule has 0 nitrogen and oxygen atoms in total. The smallest absolute Gasteiger partial charge is 0.207 e. The van der Waals surface area contributed by atoms with Gasteiger partial charge in [-0.25, -0.2) is 4.39 Å². The van der Waals surface area contributed by atoms with Gasteiger partial charge in [0, 0.05) is 5.92 Å². The number of allylic oxidation sites excluding steroid dienone is 1. The van der Waals surface area contributed by atoms with E-state index in [9.17, 15) is 13.2 Å². The van der Waals surface area contributed by atoms with Gasteiger partial charge in [-0.1, -0.05) is 42.5 Å². The highest BCUT2D eigenvalue weighted by Crippen LogP contribution is 2.25. The second kappa shape index (κ2) is 6.94. The lowest BCUT2D eigenvalue weighted by molar-refractivity contribution is 0.413. The van der Waals surface area contributed by atoms with E-state index in [1.165, 1.54) is 12.1 Å². The molecule has 0 N–H and O–H groups in total. The van der Waals surface area contributed by atoms with Crippen molar-refractivity contribution in [3.05, 3.63) is 83.7 Å². The van der Waals surface area contributed by atoms with Crippen LogP contribution in [-0.4, -0.2) is 0 Å². The maximum absolute atomic E-state index is 12.9. The zero-order valence-corrected chi connectivity index (χ0v) is 10.9. The highest BCUT2D eigenvalue weighted by Gasteiger charge is 2.11. The Balaban J connectivity index is 2.12. The van der Waals surface area contributed by atoms with Crippen molar-refractivity contribution in [2.75, 3.05) is 0 Å². The quantitative estimate of drug-likeness (QED) is 0.693. The van der Waals surface area contributed by atoms with Gasteiger partial charge in [0.25, 0.3) is 6.08 Å². The Labute approximate surface area is 116 Å². The Kier molecular flexibility index (Phi) is 4.99. The third kappa shape index (κ3) is 4.26. The van der Waals surface area contributed by atoms with Gasteiger partial charge in [-0.2, -0.15) is 8.78 Å². The first kappa shape index (κ1) is 14.4. The third-order valence-electron chi connectivity index (χ3n) is 3.21. The first-order chi connectivity index (χ1) is 9.65. The number of hydrogen-bond donors (Lipinski definition) is 0. The maximum Gasteiger partial charge on any atom is 0.266 e. The molecule has 0 fully saturated rings. The molecule has 2 rings (SSSR count). The molecule has 1 unspecified atom stereocenters. The van der Waals surface area contributed by atoms with Gasteiger partial charge in [0.15, 0.2) is 0 Å². The zero-order chi connectivity index (χ0) is 14.4. The van der Waals surface area contributed by atoms with Crippen LogP contribution in [0.25, 0.3) is 0 Å². The van der Waals surface area contributed by atoms with Crippen molar-refractivity contribution in [2.24, 2.45) is 0 Å². The zero-order valence-electron chi connectivity index (χ0n) is 10.9. The number of benzene rings is 2. The fourth-order valence-corrected chi connectivity index (χ4v) is 2.18. The third-order valence-corrected chi connectivity index (χ3v) is 3.21. The molecular weight excluding hydrogens is 261 g/mol. The highest BCUT2D eigenvalue weighted by molar-refractivity contribution is 5.25. The largest absolute Gasteiger partial charge is 0.266 e. The molecule has 2 aromatic rings. The monoisotopic (exact) mass is 276 g/mol. The lowest BCUT2D eigenvalue weighted by atomic mass is 9.92. The molecule has 3 heteroatoms. The van der Waals surface area contributed by atoms with Crippen molar-refractivity contribution in [1.29, 1.82) is 0 Å². The van der Waals surface area contributed by atoms with E-state index in [4.69, 9.17) is 0 Å². The van der Waals surface area contributed by atoms with Crippen molar-refractivity contribution < 1.29 is 13.2 Å². The lowest BCUT2D eigenvalue weighted by Crippen LogP contribution is -1.99. The van der Waals surface area contributed by atoms with E-state index in [-0.39, 0.29) is 5.82 Å². The Morgan fingerprint density at radius 1 is 0.950 bits per heavy atom. The molecule has 0 spiro atoms. The van der Waals surface area contributed by atoms with Crippen LogP contribution in [0.2, 0.25) is 0 Å². The summed E-state index contributed by atoms with van der Waals surface area (Å²) in [4.78, 5) is 0. The summed E-state index contributed by atoms with van der Waals surface area (Å²) >= 11 is 0. The van der Waals surface area contributed by atoms with Gasteiger partial charge in [-0.15, -0.1) is 0 Å².